The van der Waals surface area contributed by atoms with Gasteiger partial charge in [-0.1, -0.05) is 30.3 Å². The fourth-order valence-electron chi connectivity index (χ4n) is 4.13. The predicted octanol–water partition coefficient (Wildman–Crippen LogP) is 5.29. The van der Waals surface area contributed by atoms with Crippen LogP contribution in [0.2, 0.25) is 0 Å². The molecule has 5 rings (SSSR count). The first-order valence-corrected chi connectivity index (χ1v) is 11.2. The number of rotatable bonds is 4. The summed E-state index contributed by atoms with van der Waals surface area (Å²) in [5.74, 6) is 0.698. The number of piperidine rings is 1. The Morgan fingerprint density at radius 1 is 1.13 bits per heavy atom. The highest BCUT2D eigenvalue weighted by atomic mass is 32.1. The first-order chi connectivity index (χ1) is 14.7. The van der Waals surface area contributed by atoms with Crippen molar-refractivity contribution in [3.8, 4) is 10.6 Å². The van der Waals surface area contributed by atoms with Gasteiger partial charge < -0.3 is 9.64 Å². The van der Waals surface area contributed by atoms with Gasteiger partial charge in [-0.3, -0.25) is 4.79 Å². The second kappa shape index (κ2) is 8.03. The number of benzene rings is 2. The van der Waals surface area contributed by atoms with Gasteiger partial charge in [-0.2, -0.15) is 0 Å². The van der Waals surface area contributed by atoms with Crippen LogP contribution in [-0.4, -0.2) is 35.6 Å². The Morgan fingerprint density at radius 3 is 2.77 bits per heavy atom. The van der Waals surface area contributed by atoms with Gasteiger partial charge in [-0.25, -0.2) is 9.97 Å². The molecule has 152 valence electrons. The Balaban J connectivity index is 1.57. The summed E-state index contributed by atoms with van der Waals surface area (Å²) in [5.41, 5.74) is 3.05. The summed E-state index contributed by atoms with van der Waals surface area (Å²) in [4.78, 5) is 24.3. The van der Waals surface area contributed by atoms with Gasteiger partial charge in [0.1, 0.15) is 10.8 Å². The second-order valence-corrected chi connectivity index (χ2v) is 8.60. The number of esters is 1. The zero-order valence-electron chi connectivity index (χ0n) is 16.9. The molecule has 0 bridgehead atoms. The molecule has 1 unspecified atom stereocenters. The van der Waals surface area contributed by atoms with Crippen LogP contribution in [-0.2, 0) is 9.53 Å². The van der Waals surface area contributed by atoms with Gasteiger partial charge in [0, 0.05) is 24.0 Å². The molecule has 1 aliphatic rings. The molecule has 2 aromatic heterocycles. The number of aromatic nitrogens is 2. The fourth-order valence-corrected chi connectivity index (χ4v) is 5.12. The summed E-state index contributed by atoms with van der Waals surface area (Å²) in [5, 5.41) is 2.09. The lowest BCUT2D eigenvalue weighted by atomic mass is 9.98. The van der Waals surface area contributed by atoms with E-state index in [1.807, 2.05) is 43.3 Å². The number of anilines is 1. The van der Waals surface area contributed by atoms with Gasteiger partial charge in [0.15, 0.2) is 0 Å². The van der Waals surface area contributed by atoms with Gasteiger partial charge in [-0.15, -0.1) is 11.3 Å². The molecule has 0 amide bonds. The number of nitrogens with zero attached hydrogens (tertiary/aromatic N) is 3. The monoisotopic (exact) mass is 417 g/mol. The van der Waals surface area contributed by atoms with Crippen molar-refractivity contribution in [1.82, 2.24) is 9.97 Å². The predicted molar refractivity (Wildman–Crippen MR) is 122 cm³/mol. The van der Waals surface area contributed by atoms with Gasteiger partial charge in [0.2, 0.25) is 0 Å². The van der Waals surface area contributed by atoms with Crippen LogP contribution in [0.3, 0.4) is 0 Å². The number of carbonyl (C=O) groups is 1. The highest BCUT2D eigenvalue weighted by Crippen LogP contribution is 2.37. The van der Waals surface area contributed by atoms with Gasteiger partial charge in [0.25, 0.3) is 0 Å². The van der Waals surface area contributed by atoms with E-state index in [1.54, 1.807) is 11.3 Å². The molecule has 5 nitrogen and oxygen atoms in total. The first kappa shape index (κ1) is 19.0. The molecule has 3 heterocycles. The maximum absolute atomic E-state index is 12.3. The van der Waals surface area contributed by atoms with Crippen LogP contribution in [0.15, 0.2) is 54.6 Å². The van der Waals surface area contributed by atoms with Crippen LogP contribution < -0.4 is 4.90 Å². The third-order valence-corrected chi connectivity index (χ3v) is 6.66. The topological polar surface area (TPSA) is 55.3 Å². The molecular formula is C24H23N3O2S. The zero-order chi connectivity index (χ0) is 20.5. The molecule has 0 N–H and O–H groups in total. The lowest BCUT2D eigenvalue weighted by molar-refractivity contribution is -0.148. The number of hydrogen-bond acceptors (Lipinski definition) is 6. The Bertz CT molecular complexity index is 1190. The van der Waals surface area contributed by atoms with E-state index in [4.69, 9.17) is 14.7 Å². The van der Waals surface area contributed by atoms with E-state index < -0.39 is 0 Å². The minimum Gasteiger partial charge on any atom is -0.466 e. The number of hydrogen-bond donors (Lipinski definition) is 0. The number of pyridine rings is 1. The standard InChI is InChI=1S/C24H23N3O2S/c1-2-29-24(28)16-8-7-13-27(15-16)22-14-18(17-9-3-4-10-19(17)25-22)23-26-20-11-5-6-12-21(20)30-23/h3-6,9-12,14,16H,2,7-8,13,15H2,1H3. The van der Waals surface area contributed by atoms with E-state index in [-0.39, 0.29) is 11.9 Å². The smallest absolute Gasteiger partial charge is 0.310 e. The Hall–Kier alpha value is -2.99. The second-order valence-electron chi connectivity index (χ2n) is 7.57. The van der Waals surface area contributed by atoms with E-state index in [2.05, 4.69) is 23.1 Å². The maximum Gasteiger partial charge on any atom is 0.310 e. The lowest BCUT2D eigenvalue weighted by Crippen LogP contribution is -2.39. The molecule has 4 aromatic rings. The van der Waals surface area contributed by atoms with Crippen LogP contribution in [0.25, 0.3) is 31.7 Å². The Labute approximate surface area is 179 Å². The average Bonchev–Trinajstić information content (AvgIpc) is 3.23. The van der Waals surface area contributed by atoms with Crippen molar-refractivity contribution < 1.29 is 9.53 Å². The highest BCUT2D eigenvalue weighted by molar-refractivity contribution is 7.21. The molecule has 0 spiro atoms. The number of para-hydroxylation sites is 2. The van der Waals surface area contributed by atoms with E-state index in [1.165, 1.54) is 4.70 Å². The molecule has 1 saturated heterocycles. The summed E-state index contributed by atoms with van der Waals surface area (Å²) in [7, 11) is 0. The summed E-state index contributed by atoms with van der Waals surface area (Å²) < 4.78 is 6.44. The van der Waals surface area contributed by atoms with Gasteiger partial charge >= 0.3 is 5.97 Å². The normalized spacial score (nSPS) is 16.8. The molecular weight excluding hydrogens is 394 g/mol. The van der Waals surface area contributed by atoms with E-state index in [0.29, 0.717) is 13.2 Å². The largest absolute Gasteiger partial charge is 0.466 e. The maximum atomic E-state index is 12.3. The van der Waals surface area contributed by atoms with Crippen molar-refractivity contribution in [3.05, 3.63) is 54.6 Å². The lowest BCUT2D eigenvalue weighted by Gasteiger charge is -2.32. The number of carbonyl (C=O) groups excluding carboxylic acids is 1. The van der Waals surface area contributed by atoms with Crippen molar-refractivity contribution >= 4 is 44.2 Å². The molecule has 30 heavy (non-hydrogen) atoms. The molecule has 1 aliphatic heterocycles. The fraction of sp³-hybridized carbons (Fsp3) is 0.292. The number of ether oxygens (including phenoxy) is 1. The third kappa shape index (κ3) is 3.52. The van der Waals surface area contributed by atoms with E-state index in [9.17, 15) is 4.79 Å². The van der Waals surface area contributed by atoms with Crippen molar-refractivity contribution in [1.29, 1.82) is 0 Å². The highest BCUT2D eigenvalue weighted by Gasteiger charge is 2.28. The van der Waals surface area contributed by atoms with Gasteiger partial charge in [-0.05, 0) is 44.0 Å². The summed E-state index contributed by atoms with van der Waals surface area (Å²) >= 11 is 1.70. The van der Waals surface area contributed by atoms with Crippen LogP contribution in [0.5, 0.6) is 0 Å². The minimum atomic E-state index is -0.102. The number of fused-ring (bicyclic) bond motifs is 2. The number of thiazole rings is 1. The molecule has 1 atom stereocenters. The first-order valence-electron chi connectivity index (χ1n) is 10.4. The molecule has 0 radical (unpaired) electrons. The van der Waals surface area contributed by atoms with Crippen molar-refractivity contribution in [3.63, 3.8) is 0 Å². The van der Waals surface area contributed by atoms with Crippen molar-refractivity contribution in [2.45, 2.75) is 19.8 Å². The molecule has 6 heteroatoms. The summed E-state index contributed by atoms with van der Waals surface area (Å²) in [6.07, 6.45) is 1.82. The molecule has 0 aliphatic carbocycles. The molecule has 2 aromatic carbocycles. The Kier molecular flexibility index (Phi) is 5.09. The van der Waals surface area contributed by atoms with E-state index in [0.717, 1.165) is 52.2 Å². The Morgan fingerprint density at radius 2 is 1.93 bits per heavy atom. The molecule has 1 fully saturated rings. The van der Waals surface area contributed by atoms with Gasteiger partial charge in [0.05, 0.1) is 28.3 Å². The zero-order valence-corrected chi connectivity index (χ0v) is 17.7. The van der Waals surface area contributed by atoms with Crippen LogP contribution in [0.4, 0.5) is 5.82 Å². The van der Waals surface area contributed by atoms with Crippen molar-refractivity contribution in [2.75, 3.05) is 24.6 Å². The molecule has 0 saturated carbocycles. The minimum absolute atomic E-state index is 0.0992. The SMILES string of the molecule is CCOC(=O)C1CCCN(c2cc(-c3nc4ccccc4s3)c3ccccc3n2)C1. The average molecular weight is 418 g/mol. The van der Waals surface area contributed by atoms with Crippen LogP contribution in [0.1, 0.15) is 19.8 Å². The quantitative estimate of drug-likeness (QED) is 0.422. The van der Waals surface area contributed by atoms with Crippen LogP contribution >= 0.6 is 11.3 Å². The van der Waals surface area contributed by atoms with E-state index >= 15 is 0 Å². The summed E-state index contributed by atoms with van der Waals surface area (Å²) in [6.45, 7) is 3.81. The third-order valence-electron chi connectivity index (χ3n) is 5.59. The van der Waals surface area contributed by atoms with Crippen molar-refractivity contribution in [2.24, 2.45) is 5.92 Å². The summed E-state index contributed by atoms with van der Waals surface area (Å²) in [6, 6.07) is 18.6. The van der Waals surface area contributed by atoms with Crippen LogP contribution in [0, 0.1) is 5.92 Å².